The van der Waals surface area contributed by atoms with Crippen LogP contribution in [0.5, 0.6) is 0 Å². The van der Waals surface area contributed by atoms with Gasteiger partial charge in [-0.3, -0.25) is 4.79 Å². The van der Waals surface area contributed by atoms with Gasteiger partial charge in [0.05, 0.1) is 22.4 Å². The number of carboxylic acids is 1. The van der Waals surface area contributed by atoms with E-state index in [1.165, 1.54) is 11.0 Å². The Balaban J connectivity index is 0.00000405. The monoisotopic (exact) mass is 600 g/mol. The first-order chi connectivity index (χ1) is 19.8. The molecule has 1 aromatic heterocycles. The maximum Gasteiger partial charge on any atom is 1.00 e. The predicted molar refractivity (Wildman–Crippen MR) is 165 cm³/mol. The largest absolute Gasteiger partial charge is 1.00 e. The summed E-state index contributed by atoms with van der Waals surface area (Å²) < 4.78 is 0. The average Bonchev–Trinajstić information content (AvgIpc) is 2.98. The fraction of sp³-hybridized carbons (Fsp3) is 0.0882. The van der Waals surface area contributed by atoms with Crippen LogP contribution in [0.3, 0.4) is 0 Å². The first-order valence-corrected chi connectivity index (χ1v) is 14.2. The molecule has 42 heavy (non-hydrogen) atoms. The van der Waals surface area contributed by atoms with E-state index >= 15 is 0 Å². The molecule has 0 N–H and O–H groups in total. The molecule has 0 bridgehead atoms. The van der Waals surface area contributed by atoms with Crippen LogP contribution in [0.4, 0.5) is 0 Å². The van der Waals surface area contributed by atoms with Crippen molar-refractivity contribution in [3.63, 3.8) is 0 Å². The van der Waals surface area contributed by atoms with Gasteiger partial charge in [0.25, 0.3) is 5.91 Å². The second kappa shape index (κ2) is 14.2. The van der Waals surface area contributed by atoms with Crippen molar-refractivity contribution in [2.45, 2.75) is 10.1 Å². The van der Waals surface area contributed by atoms with Crippen LogP contribution >= 0.6 is 23.4 Å². The third-order valence-corrected chi connectivity index (χ3v) is 8.08. The van der Waals surface area contributed by atoms with Crippen LogP contribution in [-0.4, -0.2) is 35.9 Å². The zero-order valence-electron chi connectivity index (χ0n) is 23.5. The summed E-state index contributed by atoms with van der Waals surface area (Å²) in [7, 11) is 3.44. The number of halogens is 1. The molecule has 204 valence electrons. The summed E-state index contributed by atoms with van der Waals surface area (Å²) in [5.74, 6) is -1.29. The molecule has 0 radical (unpaired) electrons. The number of aromatic nitrogens is 1. The van der Waals surface area contributed by atoms with Crippen molar-refractivity contribution in [1.29, 1.82) is 0 Å². The molecule has 0 aliphatic heterocycles. The number of aromatic carboxylic acids is 1. The topological polar surface area (TPSA) is 73.3 Å². The van der Waals surface area contributed by atoms with Gasteiger partial charge in [-0.1, -0.05) is 72.3 Å². The van der Waals surface area contributed by atoms with Gasteiger partial charge in [0.15, 0.2) is 0 Å². The van der Waals surface area contributed by atoms with Crippen molar-refractivity contribution in [2.24, 2.45) is 0 Å². The van der Waals surface area contributed by atoms with Crippen LogP contribution in [0.15, 0.2) is 108 Å². The molecule has 5 nitrogen and oxygen atoms in total. The summed E-state index contributed by atoms with van der Waals surface area (Å²) in [6.07, 6.45) is 3.96. The number of rotatable bonds is 8. The minimum atomic E-state index is -1.22. The zero-order valence-corrected chi connectivity index (χ0v) is 27.0. The molecule has 1 amide bonds. The molecule has 8 heteroatoms. The van der Waals surface area contributed by atoms with Crippen molar-refractivity contribution < 1.29 is 44.3 Å². The number of pyridine rings is 1. The van der Waals surface area contributed by atoms with Crippen LogP contribution in [0.1, 0.15) is 48.4 Å². The van der Waals surface area contributed by atoms with Crippen molar-refractivity contribution in [3.8, 4) is 0 Å². The van der Waals surface area contributed by atoms with Crippen LogP contribution in [0, 0.1) is 0 Å². The number of amides is 1. The number of carbonyl (C=O) groups is 2. The first-order valence-electron chi connectivity index (χ1n) is 12.9. The van der Waals surface area contributed by atoms with Crippen LogP contribution in [0.2, 0.25) is 5.02 Å². The van der Waals surface area contributed by atoms with Gasteiger partial charge in [0, 0.05) is 35.0 Å². The molecule has 5 rings (SSSR count). The number of carboxylic acid groups (broad SMARTS) is 1. The summed E-state index contributed by atoms with van der Waals surface area (Å²) in [5, 5.41) is 13.1. The van der Waals surface area contributed by atoms with Crippen molar-refractivity contribution in [1.82, 2.24) is 9.88 Å². The van der Waals surface area contributed by atoms with Crippen LogP contribution < -0.4 is 34.7 Å². The van der Waals surface area contributed by atoms with E-state index in [1.807, 2.05) is 91.0 Å². The molecular weight excluding hydrogens is 575 g/mol. The second-order valence-corrected chi connectivity index (χ2v) is 11.3. The second-order valence-electron chi connectivity index (χ2n) is 9.71. The summed E-state index contributed by atoms with van der Waals surface area (Å²) in [6, 6.07) is 32.0. The van der Waals surface area contributed by atoms with E-state index in [2.05, 4.69) is 6.07 Å². The molecule has 5 aromatic rings. The summed E-state index contributed by atoms with van der Waals surface area (Å²) in [6.45, 7) is 0. The molecule has 0 fully saturated rings. The van der Waals surface area contributed by atoms with E-state index in [9.17, 15) is 14.7 Å². The molecule has 0 saturated heterocycles. The van der Waals surface area contributed by atoms with E-state index < -0.39 is 5.97 Å². The number of hydrogen-bond donors (Lipinski definition) is 0. The minimum Gasteiger partial charge on any atom is -0.545 e. The molecule has 0 aliphatic carbocycles. The zero-order chi connectivity index (χ0) is 28.9. The smallest absolute Gasteiger partial charge is 0.545 e. The Labute approximate surface area is 276 Å². The Morgan fingerprint density at radius 1 is 0.833 bits per heavy atom. The summed E-state index contributed by atoms with van der Waals surface area (Å²) >= 11 is 7.73. The maximum absolute atomic E-state index is 12.3. The fourth-order valence-corrected chi connectivity index (χ4v) is 5.73. The molecule has 1 heterocycles. The van der Waals surface area contributed by atoms with E-state index in [4.69, 9.17) is 16.6 Å². The normalized spacial score (nSPS) is 11.7. The molecule has 1 atom stereocenters. The number of fused-ring (bicyclic) bond motifs is 1. The number of nitrogens with zero attached hydrogens (tertiary/aromatic N) is 2. The van der Waals surface area contributed by atoms with Gasteiger partial charge < -0.3 is 14.8 Å². The van der Waals surface area contributed by atoms with Crippen LogP contribution in [-0.2, 0) is 0 Å². The first kappa shape index (κ1) is 31.5. The molecule has 4 aromatic carbocycles. The number of thioether (sulfide) groups is 1. The molecular formula is C34H26ClN2NaO3S. The molecule has 0 aliphatic rings. The van der Waals surface area contributed by atoms with Gasteiger partial charge in [-0.25, -0.2) is 4.98 Å². The Morgan fingerprint density at radius 3 is 2.24 bits per heavy atom. The van der Waals surface area contributed by atoms with E-state index in [0.29, 0.717) is 10.6 Å². The van der Waals surface area contributed by atoms with E-state index in [0.717, 1.165) is 38.2 Å². The fourth-order valence-electron chi connectivity index (χ4n) is 4.43. The van der Waals surface area contributed by atoms with Crippen LogP contribution in [0.25, 0.3) is 23.1 Å². The van der Waals surface area contributed by atoms with Gasteiger partial charge >= 0.3 is 29.6 Å². The van der Waals surface area contributed by atoms with E-state index in [1.54, 1.807) is 38.0 Å². The number of benzene rings is 4. The third kappa shape index (κ3) is 7.71. The Hall–Kier alpha value is -3.39. The number of carbonyl (C=O) groups excluding carboxylic acids is 2. The third-order valence-electron chi connectivity index (χ3n) is 6.52. The van der Waals surface area contributed by atoms with Gasteiger partial charge in [0.1, 0.15) is 0 Å². The Kier molecular flexibility index (Phi) is 10.7. The van der Waals surface area contributed by atoms with Gasteiger partial charge in [-0.15, -0.1) is 11.8 Å². The minimum absolute atomic E-state index is 0. The maximum atomic E-state index is 12.3. The number of hydrogen-bond acceptors (Lipinski definition) is 5. The molecule has 0 saturated carbocycles. The average molecular weight is 601 g/mol. The van der Waals surface area contributed by atoms with E-state index in [-0.39, 0.29) is 46.3 Å². The van der Waals surface area contributed by atoms with Gasteiger partial charge in [0.2, 0.25) is 0 Å². The predicted octanol–water partition coefficient (Wildman–Crippen LogP) is 4.01. The molecule has 0 spiro atoms. The summed E-state index contributed by atoms with van der Waals surface area (Å²) in [5.41, 5.74) is 5.17. The quantitative estimate of drug-likeness (QED) is 0.199. The van der Waals surface area contributed by atoms with Crippen molar-refractivity contribution in [3.05, 3.63) is 142 Å². The molecule has 1 unspecified atom stereocenters. The summed E-state index contributed by atoms with van der Waals surface area (Å²) in [4.78, 5) is 31.2. The van der Waals surface area contributed by atoms with Gasteiger partial charge in [-0.05, 0) is 76.9 Å². The Morgan fingerprint density at radius 2 is 1.52 bits per heavy atom. The Bertz CT molecular complexity index is 1770. The standard InChI is InChI=1S/C34H27ClN2O3S.Na/c1-37(2)33(38)24-12-17-30(18-13-24)41-32(26-7-4-8-27(20-26)34(39)40)25-6-3-5-22(19-25)9-15-29-16-11-23-10-14-28(35)21-31(23)36-29;/h3-21,32H,1-2H3,(H,39,40);/q;+1/p-1. The van der Waals surface area contributed by atoms with Gasteiger partial charge in [-0.2, -0.15) is 0 Å². The SMILES string of the molecule is CN(C)C(=O)c1ccc(SC(c2cccc(C=Cc3ccc4ccc(Cl)cc4n3)c2)c2cccc(C(=O)[O-])c2)cc1.[Na+]. The van der Waals surface area contributed by atoms with Crippen molar-refractivity contribution in [2.75, 3.05) is 14.1 Å². The van der Waals surface area contributed by atoms with Crippen molar-refractivity contribution >= 4 is 58.3 Å².